The van der Waals surface area contributed by atoms with Crippen LogP contribution in [0.1, 0.15) is 81.1 Å². The minimum atomic E-state index is 0.676. The van der Waals surface area contributed by atoms with Crippen molar-refractivity contribution in [2.75, 3.05) is 12.0 Å². The van der Waals surface area contributed by atoms with E-state index in [0.717, 1.165) is 62.4 Å². The van der Waals surface area contributed by atoms with E-state index in [2.05, 4.69) is 89.1 Å². The zero-order chi connectivity index (χ0) is 32.8. The van der Waals surface area contributed by atoms with Gasteiger partial charge in [-0.25, -0.2) is 20.4 Å². The number of hydrazine groups is 3. The molecule has 2 aliphatic rings. The lowest BCUT2D eigenvalue weighted by molar-refractivity contribution is 0.449. The third-order valence-electron chi connectivity index (χ3n) is 7.99. The number of H-pyrrole nitrogens is 2. The van der Waals surface area contributed by atoms with E-state index in [-0.39, 0.29) is 0 Å². The van der Waals surface area contributed by atoms with Crippen LogP contribution < -0.4 is 21.9 Å². The van der Waals surface area contributed by atoms with E-state index in [1.165, 1.54) is 51.4 Å². The maximum atomic E-state index is 4.62. The summed E-state index contributed by atoms with van der Waals surface area (Å²) in [6, 6.07) is 24.2. The molecule has 4 aromatic heterocycles. The SMILES string of the molecule is C1=Cc2cc3ccc(cc4ccc(cc5nc(cc1n2)C=C5)[nH]4)[nH]3.CCCCCCCCCCNNNNc1cnc2ccccc2n1. The summed E-state index contributed by atoms with van der Waals surface area (Å²) in [5.74, 6) is 0.676. The summed E-state index contributed by atoms with van der Waals surface area (Å²) >= 11 is 0. The fourth-order valence-electron chi connectivity index (χ4n) is 5.51. The molecule has 0 radical (unpaired) electrons. The van der Waals surface area contributed by atoms with Gasteiger partial charge in [0.05, 0.1) is 40.0 Å². The molecule has 2 aliphatic heterocycles. The number of anilines is 1. The molecular weight excluding hydrogens is 596 g/mol. The molecule has 10 nitrogen and oxygen atoms in total. The Morgan fingerprint density at radius 3 is 1.71 bits per heavy atom. The summed E-state index contributed by atoms with van der Waals surface area (Å²) < 4.78 is 0. The van der Waals surface area contributed by atoms with Crippen molar-refractivity contribution in [3.8, 4) is 0 Å². The molecule has 7 rings (SSSR count). The zero-order valence-electron chi connectivity index (χ0n) is 27.5. The molecule has 48 heavy (non-hydrogen) atoms. The first-order valence-electron chi connectivity index (χ1n) is 17.0. The first-order valence-corrected chi connectivity index (χ1v) is 17.0. The highest BCUT2D eigenvalue weighted by atomic mass is 15.7. The lowest BCUT2D eigenvalue weighted by Gasteiger charge is -2.10. The van der Waals surface area contributed by atoms with Gasteiger partial charge >= 0.3 is 0 Å². The summed E-state index contributed by atoms with van der Waals surface area (Å²) in [6.45, 7) is 3.20. The zero-order valence-corrected chi connectivity index (χ0v) is 27.5. The predicted octanol–water partition coefficient (Wildman–Crippen LogP) is 8.35. The standard InChI is InChI=1S/C20H14N4.C18H30N6/c1-2-14-10-16-5-6-18(23-16)12-20-8-7-19(24-20)11-17-4-3-15(22-17)9-13(1)21-14;1-2-3-4-5-6-7-8-11-14-20-23-24-22-18-15-19-16-12-9-10-13-17(16)21-18/h1-12,21-22H;9-10,12-13,15,20,23-24H,2-8,11,14H2,1H3,(H,21,22). The number of nitrogens with one attached hydrogen (secondary N) is 6. The smallest absolute Gasteiger partial charge is 0.160 e. The number of fused-ring (bicyclic) bond motifs is 9. The molecule has 0 unspecified atom stereocenters. The first-order chi connectivity index (χ1) is 23.7. The van der Waals surface area contributed by atoms with Crippen molar-refractivity contribution in [1.82, 2.24) is 46.4 Å². The summed E-state index contributed by atoms with van der Waals surface area (Å²) in [5.41, 5.74) is 21.5. The number of nitrogens with zero attached hydrogens (tertiary/aromatic N) is 4. The van der Waals surface area contributed by atoms with Crippen LogP contribution in [-0.2, 0) is 0 Å². The molecule has 0 fully saturated rings. The third kappa shape index (κ3) is 9.92. The summed E-state index contributed by atoms with van der Waals surface area (Å²) in [4.78, 5) is 24.8. The largest absolute Gasteiger partial charge is 0.355 e. The molecule has 0 aliphatic carbocycles. The van der Waals surface area contributed by atoms with Crippen LogP contribution >= 0.6 is 0 Å². The maximum absolute atomic E-state index is 4.62. The van der Waals surface area contributed by atoms with Crippen LogP contribution in [0.25, 0.3) is 57.4 Å². The van der Waals surface area contributed by atoms with Gasteiger partial charge < -0.3 is 9.97 Å². The fourth-order valence-corrected chi connectivity index (χ4v) is 5.51. The van der Waals surface area contributed by atoms with Crippen LogP contribution in [-0.4, -0.2) is 36.4 Å². The van der Waals surface area contributed by atoms with Gasteiger partial charge in [-0.2, -0.15) is 11.1 Å². The summed E-state index contributed by atoms with van der Waals surface area (Å²) in [6.07, 6.45) is 20.4. The number of unbranched alkanes of at least 4 members (excludes halogenated alkanes) is 7. The van der Waals surface area contributed by atoms with E-state index < -0.39 is 0 Å². The van der Waals surface area contributed by atoms with Gasteiger partial charge in [0, 0.05) is 28.6 Å². The minimum absolute atomic E-state index is 0.676. The summed E-state index contributed by atoms with van der Waals surface area (Å²) in [5, 5.41) is 0. The van der Waals surface area contributed by atoms with Gasteiger partial charge in [-0.1, -0.05) is 64.0 Å². The number of rotatable bonds is 13. The van der Waals surface area contributed by atoms with Gasteiger partial charge in [0.1, 0.15) is 0 Å². The molecule has 246 valence electrons. The Bertz CT molecular complexity index is 1920. The van der Waals surface area contributed by atoms with E-state index in [1.807, 2.05) is 66.8 Å². The lowest BCUT2D eigenvalue weighted by atomic mass is 10.1. The van der Waals surface area contributed by atoms with E-state index in [9.17, 15) is 0 Å². The van der Waals surface area contributed by atoms with Gasteiger partial charge in [0.15, 0.2) is 5.82 Å². The predicted molar refractivity (Wildman–Crippen MR) is 199 cm³/mol. The molecule has 0 saturated heterocycles. The van der Waals surface area contributed by atoms with Crippen molar-refractivity contribution in [2.45, 2.75) is 58.3 Å². The number of para-hydroxylation sites is 2. The second kappa shape index (κ2) is 17.1. The molecule has 6 N–H and O–H groups in total. The van der Waals surface area contributed by atoms with E-state index in [4.69, 9.17) is 0 Å². The number of benzene rings is 1. The number of hydrogen-bond donors (Lipinski definition) is 6. The highest BCUT2D eigenvalue weighted by Crippen LogP contribution is 2.17. The van der Waals surface area contributed by atoms with Gasteiger partial charge in [0.25, 0.3) is 0 Å². The Balaban J connectivity index is 0.000000167. The fraction of sp³-hybridized carbons (Fsp3) is 0.263. The van der Waals surface area contributed by atoms with Crippen molar-refractivity contribution in [1.29, 1.82) is 0 Å². The van der Waals surface area contributed by atoms with Crippen LogP contribution in [0.3, 0.4) is 0 Å². The molecule has 0 spiro atoms. The van der Waals surface area contributed by atoms with Crippen molar-refractivity contribution < 1.29 is 0 Å². The molecule has 0 atom stereocenters. The average molecular weight is 641 g/mol. The van der Waals surface area contributed by atoms with Crippen LogP contribution in [0.4, 0.5) is 5.82 Å². The second-order valence-corrected chi connectivity index (χ2v) is 11.9. The topological polar surface area (TPSA) is 131 Å². The molecule has 10 heteroatoms. The molecule has 0 saturated carbocycles. The Labute approximate surface area is 281 Å². The van der Waals surface area contributed by atoms with Crippen LogP contribution in [0.15, 0.2) is 79.0 Å². The summed E-state index contributed by atoms with van der Waals surface area (Å²) in [7, 11) is 0. The van der Waals surface area contributed by atoms with E-state index in [0.29, 0.717) is 5.82 Å². The minimum Gasteiger partial charge on any atom is -0.355 e. The number of aromatic nitrogens is 6. The monoisotopic (exact) mass is 640 g/mol. The van der Waals surface area contributed by atoms with Crippen molar-refractivity contribution in [3.63, 3.8) is 0 Å². The molecule has 8 bridgehead atoms. The Morgan fingerprint density at radius 1 is 0.542 bits per heavy atom. The number of aromatic amines is 2. The molecule has 5 aromatic rings. The molecule has 6 heterocycles. The van der Waals surface area contributed by atoms with Crippen molar-refractivity contribution in [2.24, 2.45) is 0 Å². The van der Waals surface area contributed by atoms with Crippen LogP contribution in [0.2, 0.25) is 0 Å². The maximum Gasteiger partial charge on any atom is 0.160 e. The number of hydrogen-bond acceptors (Lipinski definition) is 8. The highest BCUT2D eigenvalue weighted by Gasteiger charge is 2.02. The van der Waals surface area contributed by atoms with Crippen LogP contribution in [0.5, 0.6) is 0 Å². The molecular formula is C38H44N10. The molecule has 1 aromatic carbocycles. The Morgan fingerprint density at radius 2 is 1.08 bits per heavy atom. The van der Waals surface area contributed by atoms with Gasteiger partial charge in [-0.05, 0) is 91.4 Å². The van der Waals surface area contributed by atoms with E-state index in [1.54, 1.807) is 6.20 Å². The molecule has 0 amide bonds. The Kier molecular flexibility index (Phi) is 11.7. The highest BCUT2D eigenvalue weighted by molar-refractivity contribution is 5.77. The third-order valence-corrected chi connectivity index (χ3v) is 7.99. The Hall–Kier alpha value is -5.16. The quantitative estimate of drug-likeness (QED) is 0.0548. The van der Waals surface area contributed by atoms with Crippen LogP contribution in [0, 0.1) is 0 Å². The van der Waals surface area contributed by atoms with Gasteiger partial charge in [-0.15, -0.1) is 0 Å². The van der Waals surface area contributed by atoms with Crippen molar-refractivity contribution >= 4 is 63.2 Å². The second-order valence-electron chi connectivity index (χ2n) is 11.9. The van der Waals surface area contributed by atoms with E-state index >= 15 is 0 Å². The first kappa shape index (κ1) is 32.8. The lowest BCUT2D eigenvalue weighted by Crippen LogP contribution is -2.46. The van der Waals surface area contributed by atoms with Crippen molar-refractivity contribution in [3.05, 3.63) is 102 Å². The normalized spacial score (nSPS) is 11.9. The van der Waals surface area contributed by atoms with Gasteiger partial charge in [-0.3, -0.25) is 10.4 Å². The van der Waals surface area contributed by atoms with Gasteiger partial charge in [0.2, 0.25) is 0 Å². The average Bonchev–Trinajstić information content (AvgIpc) is 3.93.